The second-order valence-corrected chi connectivity index (χ2v) is 8.89. The van der Waals surface area contributed by atoms with Gasteiger partial charge in [0.15, 0.2) is 0 Å². The van der Waals surface area contributed by atoms with Crippen molar-refractivity contribution in [3.05, 3.63) is 65.2 Å². The largest absolute Gasteiger partial charge is 0.348 e. The van der Waals surface area contributed by atoms with Crippen molar-refractivity contribution in [3.8, 4) is 0 Å². The molecule has 1 amide bonds. The predicted octanol–water partition coefficient (Wildman–Crippen LogP) is 3.20. The Balaban J connectivity index is 1.72. The van der Waals surface area contributed by atoms with Crippen molar-refractivity contribution in [2.24, 2.45) is 0 Å². The first-order valence-corrected chi connectivity index (χ1v) is 10.8. The molecule has 6 heteroatoms. The Labute approximate surface area is 161 Å². The smallest absolute Gasteiger partial charge is 0.243 e. The van der Waals surface area contributed by atoms with E-state index in [1.807, 2.05) is 25.1 Å². The molecule has 0 fully saturated rings. The van der Waals surface area contributed by atoms with Gasteiger partial charge in [-0.05, 0) is 49.4 Å². The van der Waals surface area contributed by atoms with Gasteiger partial charge in [0.2, 0.25) is 15.9 Å². The molecule has 5 nitrogen and oxygen atoms in total. The number of nitrogens with zero attached hydrogens (tertiary/aromatic N) is 1. The molecule has 0 saturated carbocycles. The number of benzene rings is 2. The van der Waals surface area contributed by atoms with Crippen molar-refractivity contribution < 1.29 is 13.2 Å². The lowest BCUT2D eigenvalue weighted by molar-refractivity contribution is -0.122. The summed E-state index contributed by atoms with van der Waals surface area (Å²) in [5.41, 5.74) is 3.39. The maximum atomic E-state index is 12.8. The molecule has 2 aromatic rings. The van der Waals surface area contributed by atoms with E-state index >= 15 is 0 Å². The highest BCUT2D eigenvalue weighted by Crippen LogP contribution is 2.29. The zero-order valence-electron chi connectivity index (χ0n) is 15.8. The average Bonchev–Trinajstić information content (AvgIpc) is 2.66. The Bertz CT molecular complexity index is 907. The Morgan fingerprint density at radius 1 is 1.15 bits per heavy atom. The number of likely N-dealkylation sites (N-methyl/N-ethyl adjacent to an activating group) is 1. The summed E-state index contributed by atoms with van der Waals surface area (Å²) in [6.07, 6.45) is 2.91. The van der Waals surface area contributed by atoms with Gasteiger partial charge in [-0.2, -0.15) is 4.31 Å². The number of carbonyl (C=O) groups is 1. The maximum Gasteiger partial charge on any atom is 0.243 e. The normalized spacial score (nSPS) is 16.8. The molecule has 1 aliphatic rings. The summed E-state index contributed by atoms with van der Waals surface area (Å²) in [6, 6.07) is 14.8. The van der Waals surface area contributed by atoms with E-state index in [4.69, 9.17) is 0 Å². The molecule has 144 valence electrons. The Hall–Kier alpha value is -2.18. The van der Waals surface area contributed by atoms with Gasteiger partial charge in [-0.15, -0.1) is 0 Å². The van der Waals surface area contributed by atoms with Gasteiger partial charge in [0.1, 0.15) is 0 Å². The monoisotopic (exact) mass is 386 g/mol. The number of hydrogen-bond acceptors (Lipinski definition) is 3. The number of aryl methyl sites for hydroxylation is 2. The van der Waals surface area contributed by atoms with Crippen LogP contribution in [-0.4, -0.2) is 31.7 Å². The van der Waals surface area contributed by atoms with E-state index in [-0.39, 0.29) is 29.9 Å². The molecule has 0 saturated heterocycles. The van der Waals surface area contributed by atoms with E-state index in [2.05, 4.69) is 11.4 Å². The standard InChI is InChI=1S/C21H26N2O3S/c1-3-23(27(25,26)18-13-11-16(2)12-14-18)15-21(24)22-20-10-6-8-17-7-4-5-9-19(17)20/h4-5,7,9,11-14,20H,3,6,8,10,15H2,1-2H3,(H,22,24)/t20-/m0/s1. The van der Waals surface area contributed by atoms with Crippen LogP contribution in [0.2, 0.25) is 0 Å². The molecule has 0 aliphatic heterocycles. The van der Waals surface area contributed by atoms with Gasteiger partial charge in [0, 0.05) is 6.54 Å². The summed E-state index contributed by atoms with van der Waals surface area (Å²) in [7, 11) is -3.69. The van der Waals surface area contributed by atoms with Gasteiger partial charge in [-0.1, -0.05) is 48.9 Å². The lowest BCUT2D eigenvalue weighted by Gasteiger charge is -2.27. The van der Waals surface area contributed by atoms with Gasteiger partial charge >= 0.3 is 0 Å². The minimum atomic E-state index is -3.69. The van der Waals surface area contributed by atoms with Crippen molar-refractivity contribution in [3.63, 3.8) is 0 Å². The molecular weight excluding hydrogens is 360 g/mol. The molecule has 0 unspecified atom stereocenters. The molecule has 0 spiro atoms. The molecule has 1 aliphatic carbocycles. The molecular formula is C21H26N2O3S. The summed E-state index contributed by atoms with van der Waals surface area (Å²) in [5, 5.41) is 3.03. The molecule has 1 N–H and O–H groups in total. The fourth-order valence-electron chi connectivity index (χ4n) is 3.53. The van der Waals surface area contributed by atoms with E-state index in [0.29, 0.717) is 0 Å². The fraction of sp³-hybridized carbons (Fsp3) is 0.381. The van der Waals surface area contributed by atoms with Crippen LogP contribution in [0.4, 0.5) is 0 Å². The van der Waals surface area contributed by atoms with Crippen LogP contribution >= 0.6 is 0 Å². The first kappa shape index (κ1) is 19.6. The van der Waals surface area contributed by atoms with Crippen molar-refractivity contribution in [2.75, 3.05) is 13.1 Å². The highest BCUT2D eigenvalue weighted by Gasteiger charge is 2.27. The number of carbonyl (C=O) groups excluding carboxylic acids is 1. The van der Waals surface area contributed by atoms with Crippen LogP contribution < -0.4 is 5.32 Å². The first-order chi connectivity index (χ1) is 12.9. The first-order valence-electron chi connectivity index (χ1n) is 9.36. The van der Waals surface area contributed by atoms with Gasteiger partial charge in [-0.25, -0.2) is 8.42 Å². The third-order valence-corrected chi connectivity index (χ3v) is 6.97. The molecule has 27 heavy (non-hydrogen) atoms. The van der Waals surface area contributed by atoms with Gasteiger partial charge in [-0.3, -0.25) is 4.79 Å². The minimum Gasteiger partial charge on any atom is -0.348 e. The summed E-state index contributed by atoms with van der Waals surface area (Å²) in [5.74, 6) is -0.269. The second-order valence-electron chi connectivity index (χ2n) is 6.96. The third kappa shape index (κ3) is 4.39. The fourth-order valence-corrected chi connectivity index (χ4v) is 4.94. The highest BCUT2D eigenvalue weighted by atomic mass is 32.2. The van der Waals surface area contributed by atoms with E-state index in [1.165, 1.54) is 9.87 Å². The van der Waals surface area contributed by atoms with Gasteiger partial charge < -0.3 is 5.32 Å². The molecule has 0 radical (unpaired) electrons. The molecule has 0 heterocycles. The molecule has 1 atom stereocenters. The van der Waals surface area contributed by atoms with E-state index in [0.717, 1.165) is 30.4 Å². The lowest BCUT2D eigenvalue weighted by atomic mass is 9.88. The summed E-state index contributed by atoms with van der Waals surface area (Å²) >= 11 is 0. The molecule has 2 aromatic carbocycles. The van der Waals surface area contributed by atoms with Crippen LogP contribution in [0.5, 0.6) is 0 Å². The number of hydrogen-bond donors (Lipinski definition) is 1. The number of sulfonamides is 1. The molecule has 0 bridgehead atoms. The van der Waals surface area contributed by atoms with Crippen molar-refractivity contribution in [1.82, 2.24) is 9.62 Å². The number of rotatable bonds is 6. The quantitative estimate of drug-likeness (QED) is 0.829. The highest BCUT2D eigenvalue weighted by molar-refractivity contribution is 7.89. The topological polar surface area (TPSA) is 66.5 Å². The number of fused-ring (bicyclic) bond motifs is 1. The summed E-state index contributed by atoms with van der Waals surface area (Å²) in [4.78, 5) is 12.8. The Morgan fingerprint density at radius 2 is 1.85 bits per heavy atom. The van der Waals surface area contributed by atoms with Crippen molar-refractivity contribution in [2.45, 2.75) is 44.0 Å². The summed E-state index contributed by atoms with van der Waals surface area (Å²) in [6.45, 7) is 3.72. The van der Waals surface area contributed by atoms with Gasteiger partial charge in [0.25, 0.3) is 0 Å². The molecule has 0 aromatic heterocycles. The van der Waals surface area contributed by atoms with E-state index in [9.17, 15) is 13.2 Å². The van der Waals surface area contributed by atoms with E-state index in [1.54, 1.807) is 31.2 Å². The van der Waals surface area contributed by atoms with Crippen LogP contribution in [0.25, 0.3) is 0 Å². The number of nitrogens with one attached hydrogen (secondary N) is 1. The van der Waals surface area contributed by atoms with E-state index < -0.39 is 10.0 Å². The van der Waals surface area contributed by atoms with Crippen LogP contribution in [-0.2, 0) is 21.2 Å². The zero-order valence-corrected chi connectivity index (χ0v) is 16.6. The Kier molecular flexibility index (Phi) is 5.97. The predicted molar refractivity (Wildman–Crippen MR) is 106 cm³/mol. The third-order valence-electron chi connectivity index (χ3n) is 5.04. The zero-order chi connectivity index (χ0) is 19.4. The second kappa shape index (κ2) is 8.23. The molecule has 3 rings (SSSR count). The summed E-state index contributed by atoms with van der Waals surface area (Å²) < 4.78 is 26.9. The van der Waals surface area contributed by atoms with Crippen molar-refractivity contribution in [1.29, 1.82) is 0 Å². The van der Waals surface area contributed by atoms with Crippen LogP contribution in [0.3, 0.4) is 0 Å². The Morgan fingerprint density at radius 3 is 2.56 bits per heavy atom. The van der Waals surface area contributed by atoms with Crippen LogP contribution in [0.1, 0.15) is 42.5 Å². The SMILES string of the molecule is CCN(CC(=O)N[C@H]1CCCc2ccccc21)S(=O)(=O)c1ccc(C)cc1. The lowest BCUT2D eigenvalue weighted by Crippen LogP contribution is -2.42. The minimum absolute atomic E-state index is 0.0526. The van der Waals surface area contributed by atoms with Gasteiger partial charge in [0.05, 0.1) is 17.5 Å². The van der Waals surface area contributed by atoms with Crippen LogP contribution in [0, 0.1) is 6.92 Å². The average molecular weight is 387 g/mol. The number of amides is 1. The van der Waals surface area contributed by atoms with Crippen molar-refractivity contribution >= 4 is 15.9 Å². The van der Waals surface area contributed by atoms with Crippen LogP contribution in [0.15, 0.2) is 53.4 Å². The maximum absolute atomic E-state index is 12.8.